The average molecular weight is 663 g/mol. The molecule has 0 unspecified atom stereocenters. The Labute approximate surface area is 288 Å². The molecular formula is C42H23BN2S3. The zero-order valence-corrected chi connectivity index (χ0v) is 27.9. The first-order chi connectivity index (χ1) is 23.8. The van der Waals surface area contributed by atoms with Gasteiger partial charge in [-0.15, -0.1) is 34.0 Å². The Kier molecular flexibility index (Phi) is 5.00. The van der Waals surface area contributed by atoms with Crippen LogP contribution in [0, 0.1) is 0 Å². The molecule has 6 aromatic carbocycles. The predicted octanol–water partition coefficient (Wildman–Crippen LogP) is 10.7. The van der Waals surface area contributed by atoms with E-state index in [9.17, 15) is 0 Å². The number of rotatable bonds is 2. The Morgan fingerprint density at radius 2 is 1.08 bits per heavy atom. The molecule has 12 rings (SSSR count). The summed E-state index contributed by atoms with van der Waals surface area (Å²) in [5, 5.41) is 8.94. The van der Waals surface area contributed by atoms with Crippen LogP contribution in [-0.2, 0) is 0 Å². The topological polar surface area (TPSA) is 8.17 Å². The van der Waals surface area contributed by atoms with Gasteiger partial charge in [-0.1, -0.05) is 91.0 Å². The molecule has 0 bridgehead atoms. The van der Waals surface area contributed by atoms with Crippen LogP contribution in [0.1, 0.15) is 0 Å². The minimum atomic E-state index is 0.211. The van der Waals surface area contributed by atoms with Crippen molar-refractivity contribution in [1.82, 2.24) is 4.57 Å². The first kappa shape index (κ1) is 25.9. The smallest absolute Gasteiger partial charge is 0.273 e. The SMILES string of the molecule is c1ccc2c(N3c4cc(-n5c6ccccc6c6ccccc65)cc5c4B(c4sc6ccccc6c4-5)c4sc5ccccc5c43)csc2c1. The van der Waals surface area contributed by atoms with Crippen molar-refractivity contribution in [2.75, 3.05) is 4.90 Å². The summed E-state index contributed by atoms with van der Waals surface area (Å²) >= 11 is 5.80. The zero-order valence-electron chi connectivity index (χ0n) is 25.5. The van der Waals surface area contributed by atoms with Gasteiger partial charge in [-0.05, 0) is 69.2 Å². The van der Waals surface area contributed by atoms with E-state index >= 15 is 0 Å². The summed E-state index contributed by atoms with van der Waals surface area (Å²) in [6, 6.07) is 49.7. The van der Waals surface area contributed by atoms with E-state index in [0.29, 0.717) is 0 Å². The van der Waals surface area contributed by atoms with Crippen LogP contribution >= 0.6 is 34.0 Å². The number of hydrogen-bond acceptors (Lipinski definition) is 4. The van der Waals surface area contributed by atoms with Crippen molar-refractivity contribution in [3.8, 4) is 16.8 Å². The van der Waals surface area contributed by atoms with E-state index < -0.39 is 0 Å². The van der Waals surface area contributed by atoms with Crippen molar-refractivity contribution < 1.29 is 0 Å². The highest BCUT2D eigenvalue weighted by Crippen LogP contribution is 2.51. The molecule has 6 heterocycles. The molecule has 0 fully saturated rings. The maximum atomic E-state index is 2.62. The van der Waals surface area contributed by atoms with Gasteiger partial charge < -0.3 is 9.47 Å². The van der Waals surface area contributed by atoms with Crippen LogP contribution in [0.15, 0.2) is 139 Å². The summed E-state index contributed by atoms with van der Waals surface area (Å²) < 4.78 is 9.46. The summed E-state index contributed by atoms with van der Waals surface area (Å²) in [4.78, 5) is 2.62. The van der Waals surface area contributed by atoms with Gasteiger partial charge >= 0.3 is 0 Å². The summed E-state index contributed by atoms with van der Waals surface area (Å²) in [6.07, 6.45) is 0. The molecule has 222 valence electrons. The minimum absolute atomic E-state index is 0.211. The fourth-order valence-corrected chi connectivity index (χ4v) is 12.2. The highest BCUT2D eigenvalue weighted by atomic mass is 32.1. The van der Waals surface area contributed by atoms with Gasteiger partial charge in [0.1, 0.15) is 0 Å². The molecule has 0 radical (unpaired) electrons. The van der Waals surface area contributed by atoms with Gasteiger partial charge in [-0.2, -0.15) is 0 Å². The average Bonchev–Trinajstić information content (AvgIpc) is 3.94. The minimum Gasteiger partial charge on any atom is -0.309 e. The van der Waals surface area contributed by atoms with Crippen molar-refractivity contribution in [3.05, 3.63) is 139 Å². The highest BCUT2D eigenvalue weighted by molar-refractivity contribution is 7.41. The van der Waals surface area contributed by atoms with Crippen molar-refractivity contribution in [1.29, 1.82) is 0 Å². The molecule has 10 aromatic rings. The van der Waals surface area contributed by atoms with Crippen molar-refractivity contribution in [2.24, 2.45) is 0 Å². The Hall–Kier alpha value is -5.14. The molecule has 2 aliphatic rings. The number of hydrogen-bond donors (Lipinski definition) is 0. The first-order valence-corrected chi connectivity index (χ1v) is 18.8. The number of fused-ring (bicyclic) bond motifs is 13. The van der Waals surface area contributed by atoms with Crippen LogP contribution in [0.5, 0.6) is 0 Å². The van der Waals surface area contributed by atoms with Crippen LogP contribution < -0.4 is 19.9 Å². The Morgan fingerprint density at radius 1 is 0.500 bits per heavy atom. The number of nitrogens with zero attached hydrogens (tertiary/aromatic N) is 2. The lowest BCUT2D eigenvalue weighted by Gasteiger charge is -2.34. The van der Waals surface area contributed by atoms with Crippen molar-refractivity contribution in [3.63, 3.8) is 0 Å². The van der Waals surface area contributed by atoms with E-state index in [1.54, 1.807) is 0 Å². The van der Waals surface area contributed by atoms with Gasteiger partial charge in [-0.25, -0.2) is 0 Å². The predicted molar refractivity (Wildman–Crippen MR) is 212 cm³/mol. The van der Waals surface area contributed by atoms with E-state index in [1.165, 1.54) is 101 Å². The second kappa shape index (κ2) is 9.27. The fraction of sp³-hybridized carbons (Fsp3) is 0. The van der Waals surface area contributed by atoms with Crippen LogP contribution in [0.4, 0.5) is 17.1 Å². The Bertz CT molecular complexity index is 2940. The summed E-state index contributed by atoms with van der Waals surface area (Å²) in [5.41, 5.74) is 11.8. The quantitative estimate of drug-likeness (QED) is 0.167. The first-order valence-electron chi connectivity index (χ1n) is 16.3. The van der Waals surface area contributed by atoms with E-state index in [-0.39, 0.29) is 6.71 Å². The van der Waals surface area contributed by atoms with Crippen LogP contribution in [0.25, 0.3) is 68.9 Å². The molecular weight excluding hydrogens is 639 g/mol. The molecule has 48 heavy (non-hydrogen) atoms. The molecule has 0 atom stereocenters. The van der Waals surface area contributed by atoms with E-state index in [2.05, 4.69) is 148 Å². The number of para-hydroxylation sites is 2. The highest BCUT2D eigenvalue weighted by Gasteiger charge is 2.47. The molecule has 4 aromatic heterocycles. The van der Waals surface area contributed by atoms with Gasteiger partial charge in [0.25, 0.3) is 6.71 Å². The Balaban J connectivity index is 1.28. The lowest BCUT2D eigenvalue weighted by Crippen LogP contribution is -2.52. The van der Waals surface area contributed by atoms with E-state index in [1.807, 2.05) is 34.0 Å². The third-order valence-electron chi connectivity index (χ3n) is 10.4. The van der Waals surface area contributed by atoms with E-state index in [0.717, 1.165) is 0 Å². The standard InChI is InChI=1S/C42H23BN2S3/c1-6-16-31-25(11-1)26-12-2-7-17-32(26)44(31)24-21-30-38-28-14-4-9-19-36(28)47-41(38)43-39(30)33(22-24)45(34-23-46-35-18-8-3-13-27(34)35)40-29-15-5-10-20-37(29)48-42(40)43/h1-23H. The van der Waals surface area contributed by atoms with Gasteiger partial charge in [0.15, 0.2) is 0 Å². The Morgan fingerprint density at radius 3 is 1.83 bits per heavy atom. The van der Waals surface area contributed by atoms with Crippen LogP contribution in [0.3, 0.4) is 0 Å². The summed E-state index contributed by atoms with van der Waals surface area (Å²) in [6.45, 7) is 0.211. The number of aromatic nitrogens is 1. The molecule has 0 amide bonds. The molecule has 0 saturated carbocycles. The third kappa shape index (κ3) is 3.18. The largest absolute Gasteiger partial charge is 0.309 e. The monoisotopic (exact) mass is 662 g/mol. The number of anilines is 3. The van der Waals surface area contributed by atoms with Crippen molar-refractivity contribution >= 4 is 125 Å². The lowest BCUT2D eigenvalue weighted by atomic mass is 9.43. The summed E-state index contributed by atoms with van der Waals surface area (Å²) in [5.74, 6) is 0. The second-order valence-electron chi connectivity index (χ2n) is 12.8. The lowest BCUT2D eigenvalue weighted by molar-refractivity contribution is 1.18. The third-order valence-corrected chi connectivity index (χ3v) is 13.9. The molecule has 2 aliphatic heterocycles. The van der Waals surface area contributed by atoms with Crippen LogP contribution in [-0.4, -0.2) is 11.3 Å². The van der Waals surface area contributed by atoms with Gasteiger partial charge in [0.05, 0.1) is 22.4 Å². The molecule has 0 spiro atoms. The normalized spacial score (nSPS) is 13.3. The maximum Gasteiger partial charge on any atom is 0.273 e. The van der Waals surface area contributed by atoms with Crippen LogP contribution in [0.2, 0.25) is 0 Å². The molecule has 2 nitrogen and oxygen atoms in total. The summed E-state index contributed by atoms with van der Waals surface area (Å²) in [7, 11) is 0. The van der Waals surface area contributed by atoms with Gasteiger partial charge in [0.2, 0.25) is 0 Å². The zero-order chi connectivity index (χ0) is 31.1. The van der Waals surface area contributed by atoms with Gasteiger partial charge in [-0.3, -0.25) is 0 Å². The molecule has 0 N–H and O–H groups in total. The number of thiophene rings is 3. The molecule has 0 saturated heterocycles. The van der Waals surface area contributed by atoms with E-state index in [4.69, 9.17) is 0 Å². The van der Waals surface area contributed by atoms with Gasteiger partial charge in [0, 0.05) is 57.2 Å². The second-order valence-corrected chi connectivity index (χ2v) is 15.9. The van der Waals surface area contributed by atoms with Crippen molar-refractivity contribution in [2.45, 2.75) is 0 Å². The number of benzene rings is 6. The molecule has 0 aliphatic carbocycles. The fourth-order valence-electron chi connectivity index (χ4n) is 8.56. The molecule has 6 heteroatoms. The maximum absolute atomic E-state index is 2.62.